The number of hydrogen-bond acceptors (Lipinski definition) is 3. The predicted molar refractivity (Wildman–Crippen MR) is 67.1 cm³/mol. The van der Waals surface area contributed by atoms with Gasteiger partial charge in [0.15, 0.2) is 0 Å². The van der Waals surface area contributed by atoms with E-state index >= 15 is 0 Å². The average Bonchev–Trinajstić information content (AvgIpc) is 2.40. The highest BCUT2D eigenvalue weighted by atomic mass is 16.2. The molecule has 0 aliphatic heterocycles. The van der Waals surface area contributed by atoms with Gasteiger partial charge >= 0.3 is 0 Å². The van der Waals surface area contributed by atoms with Gasteiger partial charge in [0.1, 0.15) is 0 Å². The zero-order valence-electron chi connectivity index (χ0n) is 10.2. The summed E-state index contributed by atoms with van der Waals surface area (Å²) >= 11 is 0. The molecule has 5 nitrogen and oxygen atoms in total. The van der Waals surface area contributed by atoms with E-state index in [1.807, 2.05) is 0 Å². The van der Waals surface area contributed by atoms with Crippen molar-refractivity contribution in [2.24, 2.45) is 5.73 Å². The van der Waals surface area contributed by atoms with Gasteiger partial charge in [-0.25, -0.2) is 0 Å². The number of primary amides is 1. The van der Waals surface area contributed by atoms with Gasteiger partial charge in [-0.3, -0.25) is 14.6 Å². The number of nitrogens with one attached hydrogen (secondary N) is 1. The van der Waals surface area contributed by atoms with E-state index in [4.69, 9.17) is 5.73 Å². The fourth-order valence-electron chi connectivity index (χ4n) is 2.21. The third-order valence-corrected chi connectivity index (χ3v) is 3.23. The lowest BCUT2D eigenvalue weighted by atomic mass is 9.95. The monoisotopic (exact) mass is 247 g/mol. The first-order valence-corrected chi connectivity index (χ1v) is 6.22. The first-order valence-electron chi connectivity index (χ1n) is 6.22. The zero-order valence-corrected chi connectivity index (χ0v) is 10.2. The predicted octanol–water partition coefficient (Wildman–Crippen LogP) is 1.24. The second kappa shape index (κ2) is 5.62. The molecule has 1 aliphatic rings. The Hall–Kier alpha value is -1.91. The molecule has 1 aliphatic carbocycles. The van der Waals surface area contributed by atoms with Crippen LogP contribution in [0.3, 0.4) is 0 Å². The number of pyridine rings is 1. The van der Waals surface area contributed by atoms with Crippen LogP contribution in [0.4, 0.5) is 0 Å². The minimum Gasteiger partial charge on any atom is -0.366 e. The fourth-order valence-corrected chi connectivity index (χ4v) is 2.21. The summed E-state index contributed by atoms with van der Waals surface area (Å²) in [5.74, 6) is -0.757. The molecule has 1 aromatic heterocycles. The summed E-state index contributed by atoms with van der Waals surface area (Å²) in [5, 5.41) is 2.97. The number of amides is 2. The van der Waals surface area contributed by atoms with Gasteiger partial charge in [-0.2, -0.15) is 0 Å². The highest BCUT2D eigenvalue weighted by Gasteiger charge is 2.17. The van der Waals surface area contributed by atoms with E-state index in [0.717, 1.165) is 25.7 Å². The number of nitrogens with zero attached hydrogens (tertiary/aromatic N) is 1. The first-order chi connectivity index (χ1) is 8.66. The van der Waals surface area contributed by atoms with E-state index in [9.17, 15) is 9.59 Å². The Kier molecular flexibility index (Phi) is 3.92. The van der Waals surface area contributed by atoms with Crippen LogP contribution in [0.1, 0.15) is 52.8 Å². The second-order valence-corrected chi connectivity index (χ2v) is 4.63. The molecule has 0 saturated heterocycles. The normalized spacial score (nSPS) is 16.2. The van der Waals surface area contributed by atoms with E-state index < -0.39 is 5.91 Å². The van der Waals surface area contributed by atoms with Gasteiger partial charge in [0.2, 0.25) is 5.91 Å². The molecular weight excluding hydrogens is 230 g/mol. The Morgan fingerprint density at radius 2 is 1.83 bits per heavy atom. The van der Waals surface area contributed by atoms with Crippen molar-refractivity contribution in [2.45, 2.75) is 38.1 Å². The lowest BCUT2D eigenvalue weighted by molar-refractivity contribution is 0.0927. The van der Waals surface area contributed by atoms with E-state index in [2.05, 4.69) is 10.3 Å². The average molecular weight is 247 g/mol. The second-order valence-electron chi connectivity index (χ2n) is 4.63. The molecule has 0 unspecified atom stereocenters. The van der Waals surface area contributed by atoms with Crippen LogP contribution >= 0.6 is 0 Å². The Labute approximate surface area is 106 Å². The summed E-state index contributed by atoms with van der Waals surface area (Å²) in [6.45, 7) is 0. The molecule has 0 bridgehead atoms. The summed E-state index contributed by atoms with van der Waals surface area (Å²) in [5.41, 5.74) is 5.80. The molecule has 5 heteroatoms. The van der Waals surface area contributed by atoms with Crippen molar-refractivity contribution < 1.29 is 9.59 Å². The van der Waals surface area contributed by atoms with E-state index in [1.165, 1.54) is 24.9 Å². The Bertz CT molecular complexity index is 453. The molecule has 0 aromatic carbocycles. The Morgan fingerprint density at radius 3 is 2.50 bits per heavy atom. The van der Waals surface area contributed by atoms with Crippen molar-refractivity contribution in [2.75, 3.05) is 0 Å². The molecule has 1 fully saturated rings. The molecular formula is C13H17N3O2. The van der Waals surface area contributed by atoms with Crippen LogP contribution in [0.25, 0.3) is 0 Å². The van der Waals surface area contributed by atoms with Crippen molar-refractivity contribution in [1.29, 1.82) is 0 Å². The molecule has 96 valence electrons. The summed E-state index contributed by atoms with van der Waals surface area (Å²) < 4.78 is 0. The van der Waals surface area contributed by atoms with Crippen LogP contribution in [-0.4, -0.2) is 22.8 Å². The first kappa shape index (κ1) is 12.5. The number of carbonyl (C=O) groups excluding carboxylic acids is 2. The van der Waals surface area contributed by atoms with Crippen LogP contribution in [0.2, 0.25) is 0 Å². The highest BCUT2D eigenvalue weighted by Crippen LogP contribution is 2.17. The number of hydrogen-bond donors (Lipinski definition) is 2. The van der Waals surface area contributed by atoms with Crippen LogP contribution in [0.15, 0.2) is 18.5 Å². The highest BCUT2D eigenvalue weighted by molar-refractivity contribution is 5.98. The Balaban J connectivity index is 2.03. The van der Waals surface area contributed by atoms with Crippen molar-refractivity contribution in [1.82, 2.24) is 10.3 Å². The molecule has 0 spiro atoms. The smallest absolute Gasteiger partial charge is 0.253 e. The number of aromatic nitrogens is 1. The molecule has 18 heavy (non-hydrogen) atoms. The van der Waals surface area contributed by atoms with Gasteiger partial charge < -0.3 is 11.1 Å². The molecule has 0 radical (unpaired) electrons. The topological polar surface area (TPSA) is 85.1 Å². The van der Waals surface area contributed by atoms with Gasteiger partial charge in [-0.1, -0.05) is 19.3 Å². The van der Waals surface area contributed by atoms with Gasteiger partial charge in [-0.05, 0) is 18.9 Å². The summed E-state index contributed by atoms with van der Waals surface area (Å²) in [6.07, 6.45) is 8.41. The molecule has 1 heterocycles. The van der Waals surface area contributed by atoms with E-state index in [1.54, 1.807) is 0 Å². The van der Waals surface area contributed by atoms with Crippen LogP contribution in [0.5, 0.6) is 0 Å². The summed E-state index contributed by atoms with van der Waals surface area (Å²) in [6, 6.07) is 1.72. The van der Waals surface area contributed by atoms with Gasteiger partial charge in [0.25, 0.3) is 5.91 Å². The summed E-state index contributed by atoms with van der Waals surface area (Å²) in [4.78, 5) is 26.9. The van der Waals surface area contributed by atoms with Crippen LogP contribution in [-0.2, 0) is 0 Å². The molecule has 0 atom stereocenters. The quantitative estimate of drug-likeness (QED) is 0.842. The van der Waals surface area contributed by atoms with E-state index in [-0.39, 0.29) is 17.5 Å². The third-order valence-electron chi connectivity index (χ3n) is 3.23. The SMILES string of the molecule is NC(=O)c1cncc(C(=O)NC2CCCCC2)c1. The molecule has 2 rings (SSSR count). The maximum atomic E-state index is 12.0. The molecule has 2 amide bonds. The minimum absolute atomic E-state index is 0.183. The minimum atomic E-state index is -0.574. The molecule has 1 saturated carbocycles. The van der Waals surface area contributed by atoms with Crippen LogP contribution in [0, 0.1) is 0 Å². The Morgan fingerprint density at radius 1 is 1.17 bits per heavy atom. The number of rotatable bonds is 3. The van der Waals surface area contributed by atoms with Crippen LogP contribution < -0.4 is 11.1 Å². The van der Waals surface area contributed by atoms with Gasteiger partial charge in [0, 0.05) is 18.4 Å². The van der Waals surface area contributed by atoms with Crippen molar-refractivity contribution >= 4 is 11.8 Å². The maximum Gasteiger partial charge on any atom is 0.253 e. The molecule has 1 aromatic rings. The van der Waals surface area contributed by atoms with Gasteiger partial charge in [0.05, 0.1) is 11.1 Å². The van der Waals surface area contributed by atoms with Crippen molar-refractivity contribution in [3.8, 4) is 0 Å². The fraction of sp³-hybridized carbons (Fsp3) is 0.462. The van der Waals surface area contributed by atoms with Crippen molar-refractivity contribution in [3.63, 3.8) is 0 Å². The standard InChI is InChI=1S/C13H17N3O2/c14-12(17)9-6-10(8-15-7-9)13(18)16-11-4-2-1-3-5-11/h6-8,11H,1-5H2,(H2,14,17)(H,16,18). The van der Waals surface area contributed by atoms with Crippen molar-refractivity contribution in [3.05, 3.63) is 29.6 Å². The molecule has 3 N–H and O–H groups in total. The third kappa shape index (κ3) is 3.06. The lowest BCUT2D eigenvalue weighted by Crippen LogP contribution is -2.36. The zero-order chi connectivity index (χ0) is 13.0. The number of carbonyl (C=O) groups is 2. The van der Waals surface area contributed by atoms with E-state index in [0.29, 0.717) is 5.56 Å². The number of nitrogens with two attached hydrogens (primary N) is 1. The maximum absolute atomic E-state index is 12.0. The summed E-state index contributed by atoms with van der Waals surface area (Å²) in [7, 11) is 0. The lowest BCUT2D eigenvalue weighted by Gasteiger charge is -2.22. The van der Waals surface area contributed by atoms with Gasteiger partial charge in [-0.15, -0.1) is 0 Å². The largest absolute Gasteiger partial charge is 0.366 e.